The fraction of sp³-hybridized carbons (Fsp3) is 0.273. The van der Waals surface area contributed by atoms with E-state index in [2.05, 4.69) is 25.5 Å². The molecule has 0 aliphatic heterocycles. The third-order valence-corrected chi connectivity index (χ3v) is 2.47. The summed E-state index contributed by atoms with van der Waals surface area (Å²) in [6.07, 6.45) is 4.25. The van der Waals surface area contributed by atoms with Gasteiger partial charge in [-0.05, 0) is 13.0 Å². The molecule has 7 nitrogen and oxygen atoms in total. The van der Waals surface area contributed by atoms with E-state index in [4.69, 9.17) is 4.52 Å². The minimum atomic E-state index is 0.630. The SMILES string of the molecule is Cc1noc(CCNc2ccn3nccc3n2)n1. The molecule has 3 aromatic heterocycles. The number of aryl methyl sites for hydroxylation is 1. The van der Waals surface area contributed by atoms with Gasteiger partial charge in [0.25, 0.3) is 0 Å². The summed E-state index contributed by atoms with van der Waals surface area (Å²) < 4.78 is 6.74. The van der Waals surface area contributed by atoms with Gasteiger partial charge in [0.05, 0.1) is 6.20 Å². The molecule has 0 aliphatic rings. The number of hydrogen-bond acceptors (Lipinski definition) is 6. The number of anilines is 1. The quantitative estimate of drug-likeness (QED) is 0.739. The van der Waals surface area contributed by atoms with Gasteiger partial charge in [0.15, 0.2) is 11.5 Å². The fourth-order valence-electron chi connectivity index (χ4n) is 1.65. The average molecular weight is 244 g/mol. The van der Waals surface area contributed by atoms with Crippen molar-refractivity contribution in [1.82, 2.24) is 24.7 Å². The summed E-state index contributed by atoms with van der Waals surface area (Å²) in [5.74, 6) is 2.09. The molecule has 0 saturated heterocycles. The number of aromatic nitrogens is 5. The first-order valence-electron chi connectivity index (χ1n) is 5.65. The maximum absolute atomic E-state index is 5.02. The topological polar surface area (TPSA) is 81.1 Å². The predicted octanol–water partition coefficient (Wildman–Crippen LogP) is 1.08. The molecule has 0 atom stereocenters. The Morgan fingerprint density at radius 3 is 3.11 bits per heavy atom. The Balaban J connectivity index is 1.62. The molecule has 0 spiro atoms. The van der Waals surface area contributed by atoms with Gasteiger partial charge >= 0.3 is 0 Å². The van der Waals surface area contributed by atoms with Crippen LogP contribution in [-0.4, -0.2) is 31.3 Å². The first kappa shape index (κ1) is 10.7. The van der Waals surface area contributed by atoms with E-state index in [0.29, 0.717) is 24.7 Å². The third-order valence-electron chi connectivity index (χ3n) is 2.47. The van der Waals surface area contributed by atoms with Crippen LogP contribution in [0.15, 0.2) is 29.0 Å². The van der Waals surface area contributed by atoms with Crippen LogP contribution in [0, 0.1) is 6.92 Å². The largest absolute Gasteiger partial charge is 0.369 e. The third kappa shape index (κ3) is 2.15. The number of nitrogens with one attached hydrogen (secondary N) is 1. The summed E-state index contributed by atoms with van der Waals surface area (Å²) in [5.41, 5.74) is 0.814. The van der Waals surface area contributed by atoms with Crippen molar-refractivity contribution >= 4 is 11.5 Å². The summed E-state index contributed by atoms with van der Waals surface area (Å²) in [4.78, 5) is 8.53. The van der Waals surface area contributed by atoms with Gasteiger partial charge < -0.3 is 9.84 Å². The van der Waals surface area contributed by atoms with Crippen LogP contribution in [0.4, 0.5) is 5.82 Å². The molecule has 7 heteroatoms. The van der Waals surface area contributed by atoms with Crippen LogP contribution < -0.4 is 5.32 Å². The van der Waals surface area contributed by atoms with Crippen LogP contribution in [0.3, 0.4) is 0 Å². The first-order valence-corrected chi connectivity index (χ1v) is 5.65. The maximum Gasteiger partial charge on any atom is 0.228 e. The molecule has 3 rings (SSSR count). The zero-order valence-electron chi connectivity index (χ0n) is 9.87. The molecular weight excluding hydrogens is 232 g/mol. The van der Waals surface area contributed by atoms with E-state index >= 15 is 0 Å². The molecule has 3 aromatic rings. The lowest BCUT2D eigenvalue weighted by molar-refractivity contribution is 0.377. The Bertz CT molecular complexity index is 658. The summed E-state index contributed by atoms with van der Waals surface area (Å²) in [5, 5.41) is 11.0. The van der Waals surface area contributed by atoms with Crippen molar-refractivity contribution < 1.29 is 4.52 Å². The molecule has 92 valence electrons. The van der Waals surface area contributed by atoms with Gasteiger partial charge in [-0.3, -0.25) is 0 Å². The van der Waals surface area contributed by atoms with Crippen LogP contribution in [0.2, 0.25) is 0 Å². The molecular formula is C11H12N6O. The molecule has 0 saturated carbocycles. The number of nitrogens with zero attached hydrogens (tertiary/aromatic N) is 5. The Morgan fingerprint density at radius 1 is 1.33 bits per heavy atom. The zero-order chi connectivity index (χ0) is 12.4. The Morgan fingerprint density at radius 2 is 2.28 bits per heavy atom. The van der Waals surface area contributed by atoms with E-state index in [1.807, 2.05) is 18.3 Å². The van der Waals surface area contributed by atoms with Crippen LogP contribution in [0.5, 0.6) is 0 Å². The number of fused-ring (bicyclic) bond motifs is 1. The summed E-state index contributed by atoms with van der Waals surface area (Å²) in [7, 11) is 0. The standard InChI is InChI=1S/C11H12N6O/c1-8-14-11(18-16-8)3-5-12-9-4-7-17-10(15-9)2-6-13-17/h2,4,6-7H,3,5H2,1H3,(H,12,15). The molecule has 0 fully saturated rings. The van der Waals surface area contributed by atoms with Crippen LogP contribution >= 0.6 is 0 Å². The Hall–Kier alpha value is -2.44. The van der Waals surface area contributed by atoms with E-state index < -0.39 is 0 Å². The van der Waals surface area contributed by atoms with E-state index in [1.165, 1.54) is 0 Å². The smallest absolute Gasteiger partial charge is 0.228 e. The molecule has 0 unspecified atom stereocenters. The lowest BCUT2D eigenvalue weighted by atomic mass is 10.4. The highest BCUT2D eigenvalue weighted by molar-refractivity contribution is 5.45. The maximum atomic E-state index is 5.02. The second kappa shape index (κ2) is 4.44. The average Bonchev–Trinajstić information content (AvgIpc) is 2.97. The Labute approximate surface area is 103 Å². The van der Waals surface area contributed by atoms with Crippen molar-refractivity contribution in [2.75, 3.05) is 11.9 Å². The van der Waals surface area contributed by atoms with Gasteiger partial charge in [-0.25, -0.2) is 9.50 Å². The lowest BCUT2D eigenvalue weighted by Gasteiger charge is -2.03. The van der Waals surface area contributed by atoms with Gasteiger partial charge in [-0.15, -0.1) is 0 Å². The Kier molecular flexibility index (Phi) is 2.64. The molecule has 0 amide bonds. The van der Waals surface area contributed by atoms with Crippen LogP contribution in [-0.2, 0) is 6.42 Å². The first-order chi connectivity index (χ1) is 8.81. The van der Waals surface area contributed by atoms with Crippen LogP contribution in [0.25, 0.3) is 5.65 Å². The minimum absolute atomic E-state index is 0.630. The number of hydrogen-bond donors (Lipinski definition) is 1. The lowest BCUT2D eigenvalue weighted by Crippen LogP contribution is -2.07. The molecule has 0 bridgehead atoms. The molecule has 0 aliphatic carbocycles. The molecule has 3 heterocycles. The van der Waals surface area contributed by atoms with Gasteiger partial charge in [0, 0.05) is 25.2 Å². The second-order valence-corrected chi connectivity index (χ2v) is 3.86. The normalized spacial score (nSPS) is 10.9. The van der Waals surface area contributed by atoms with E-state index in [-0.39, 0.29) is 0 Å². The van der Waals surface area contributed by atoms with E-state index in [0.717, 1.165) is 11.5 Å². The second-order valence-electron chi connectivity index (χ2n) is 3.86. The highest BCUT2D eigenvalue weighted by Crippen LogP contribution is 2.06. The van der Waals surface area contributed by atoms with Gasteiger partial charge in [0.2, 0.25) is 5.89 Å². The van der Waals surface area contributed by atoms with Crippen LogP contribution in [0.1, 0.15) is 11.7 Å². The summed E-state index contributed by atoms with van der Waals surface area (Å²) in [6, 6.07) is 3.73. The monoisotopic (exact) mass is 244 g/mol. The van der Waals surface area contributed by atoms with Crippen molar-refractivity contribution in [2.24, 2.45) is 0 Å². The van der Waals surface area contributed by atoms with E-state index in [1.54, 1.807) is 17.6 Å². The predicted molar refractivity (Wildman–Crippen MR) is 64.2 cm³/mol. The van der Waals surface area contributed by atoms with Crippen molar-refractivity contribution in [3.05, 3.63) is 36.2 Å². The fourth-order valence-corrected chi connectivity index (χ4v) is 1.65. The highest BCUT2D eigenvalue weighted by atomic mass is 16.5. The molecule has 0 aromatic carbocycles. The molecule has 1 N–H and O–H groups in total. The summed E-state index contributed by atoms with van der Waals surface area (Å²) >= 11 is 0. The molecule has 0 radical (unpaired) electrons. The van der Waals surface area contributed by atoms with Gasteiger partial charge in [-0.2, -0.15) is 10.1 Å². The van der Waals surface area contributed by atoms with Crippen molar-refractivity contribution in [2.45, 2.75) is 13.3 Å². The highest BCUT2D eigenvalue weighted by Gasteiger charge is 2.03. The minimum Gasteiger partial charge on any atom is -0.369 e. The van der Waals surface area contributed by atoms with Crippen molar-refractivity contribution in [1.29, 1.82) is 0 Å². The zero-order valence-corrected chi connectivity index (χ0v) is 9.87. The summed E-state index contributed by atoms with van der Waals surface area (Å²) in [6.45, 7) is 2.49. The van der Waals surface area contributed by atoms with Gasteiger partial charge in [0.1, 0.15) is 5.82 Å². The van der Waals surface area contributed by atoms with Crippen molar-refractivity contribution in [3.63, 3.8) is 0 Å². The molecule has 18 heavy (non-hydrogen) atoms. The number of rotatable bonds is 4. The van der Waals surface area contributed by atoms with Gasteiger partial charge in [-0.1, -0.05) is 5.16 Å². The van der Waals surface area contributed by atoms with E-state index in [9.17, 15) is 0 Å². The van der Waals surface area contributed by atoms with Crippen molar-refractivity contribution in [3.8, 4) is 0 Å².